The van der Waals surface area contributed by atoms with Crippen molar-refractivity contribution < 1.29 is 19.0 Å². The molecule has 6 heteroatoms. The monoisotopic (exact) mass is 303 g/mol. The molecule has 0 aliphatic carbocycles. The lowest BCUT2D eigenvalue weighted by molar-refractivity contribution is -0.121. The van der Waals surface area contributed by atoms with E-state index < -0.39 is 11.9 Å². The number of carbonyl (C=O) groups is 1. The predicted molar refractivity (Wildman–Crippen MR) is 75.1 cm³/mol. The highest BCUT2D eigenvalue weighted by Crippen LogP contribution is 2.19. The molecule has 20 heavy (non-hydrogen) atoms. The first-order chi connectivity index (χ1) is 9.54. The van der Waals surface area contributed by atoms with Crippen molar-refractivity contribution in [2.45, 2.75) is 25.4 Å². The fourth-order valence-corrected chi connectivity index (χ4v) is 1.79. The average Bonchev–Trinajstić information content (AvgIpc) is 2.44. The minimum atomic E-state index is -0.954. The van der Waals surface area contributed by atoms with Gasteiger partial charge in [0.25, 0.3) is 0 Å². The van der Waals surface area contributed by atoms with Crippen LogP contribution in [-0.2, 0) is 9.53 Å². The Balaban J connectivity index is 2.33. The van der Waals surface area contributed by atoms with Gasteiger partial charge >= 0.3 is 0 Å². The molecular formula is C14H19ClFNO3. The Morgan fingerprint density at radius 2 is 2.25 bits per heavy atom. The van der Waals surface area contributed by atoms with E-state index >= 15 is 0 Å². The summed E-state index contributed by atoms with van der Waals surface area (Å²) < 4.78 is 18.1. The lowest BCUT2D eigenvalue weighted by atomic mass is 10.1. The van der Waals surface area contributed by atoms with E-state index in [0.29, 0.717) is 18.6 Å². The number of methoxy groups -OCH3 is 1. The van der Waals surface area contributed by atoms with Gasteiger partial charge in [-0.3, -0.25) is 4.79 Å². The Labute approximate surface area is 122 Å². The molecule has 0 aliphatic heterocycles. The summed E-state index contributed by atoms with van der Waals surface area (Å²) in [5.74, 6) is -0.733. The Bertz CT molecular complexity index is 442. The SMILES string of the molecule is COCCCCC(=O)NCC(O)c1ccc(Cl)c(F)c1. The fourth-order valence-electron chi connectivity index (χ4n) is 1.67. The molecule has 1 rings (SSSR count). The van der Waals surface area contributed by atoms with Crippen molar-refractivity contribution in [2.75, 3.05) is 20.3 Å². The number of aliphatic hydroxyl groups excluding tert-OH is 1. The molecule has 4 nitrogen and oxygen atoms in total. The maximum atomic E-state index is 13.2. The second-order valence-electron chi connectivity index (χ2n) is 4.44. The molecule has 0 spiro atoms. The molecule has 1 amide bonds. The lowest BCUT2D eigenvalue weighted by Gasteiger charge is -2.12. The number of hydrogen-bond acceptors (Lipinski definition) is 3. The molecule has 1 unspecified atom stereocenters. The third-order valence-electron chi connectivity index (χ3n) is 2.82. The number of carbonyl (C=O) groups excluding carboxylic acids is 1. The molecule has 0 saturated heterocycles. The van der Waals surface area contributed by atoms with Gasteiger partial charge in [0.05, 0.1) is 11.1 Å². The van der Waals surface area contributed by atoms with E-state index in [4.69, 9.17) is 16.3 Å². The van der Waals surface area contributed by atoms with Crippen LogP contribution >= 0.6 is 11.6 Å². The summed E-state index contributed by atoms with van der Waals surface area (Å²) in [6, 6.07) is 4.07. The maximum Gasteiger partial charge on any atom is 0.220 e. The minimum absolute atomic E-state index is 0.00290. The van der Waals surface area contributed by atoms with Crippen molar-refractivity contribution in [3.05, 3.63) is 34.6 Å². The topological polar surface area (TPSA) is 58.6 Å². The van der Waals surface area contributed by atoms with E-state index in [2.05, 4.69) is 5.32 Å². The summed E-state index contributed by atoms with van der Waals surface area (Å²) in [6.45, 7) is 0.671. The Hall–Kier alpha value is -1.17. The molecule has 0 heterocycles. The number of amides is 1. The molecule has 0 fully saturated rings. The Morgan fingerprint density at radius 1 is 1.50 bits per heavy atom. The van der Waals surface area contributed by atoms with Crippen molar-refractivity contribution in [3.8, 4) is 0 Å². The number of hydrogen-bond donors (Lipinski definition) is 2. The van der Waals surface area contributed by atoms with Crippen LogP contribution in [0.2, 0.25) is 5.02 Å². The van der Waals surface area contributed by atoms with Gasteiger partial charge in [0.15, 0.2) is 0 Å². The average molecular weight is 304 g/mol. The molecule has 0 radical (unpaired) electrons. The molecule has 1 aromatic carbocycles. The normalized spacial score (nSPS) is 12.2. The molecule has 0 aliphatic rings. The van der Waals surface area contributed by atoms with E-state index in [-0.39, 0.29) is 17.5 Å². The number of aliphatic hydroxyl groups is 1. The van der Waals surface area contributed by atoms with Crippen molar-refractivity contribution >= 4 is 17.5 Å². The zero-order chi connectivity index (χ0) is 15.0. The highest BCUT2D eigenvalue weighted by molar-refractivity contribution is 6.30. The van der Waals surface area contributed by atoms with Crippen LogP contribution in [0.4, 0.5) is 4.39 Å². The molecule has 2 N–H and O–H groups in total. The number of benzene rings is 1. The summed E-state index contributed by atoms with van der Waals surface area (Å²) in [4.78, 5) is 11.5. The highest BCUT2D eigenvalue weighted by Gasteiger charge is 2.11. The zero-order valence-electron chi connectivity index (χ0n) is 11.4. The fraction of sp³-hybridized carbons (Fsp3) is 0.500. The van der Waals surface area contributed by atoms with E-state index in [9.17, 15) is 14.3 Å². The van der Waals surface area contributed by atoms with Gasteiger partial charge in [-0.15, -0.1) is 0 Å². The molecule has 112 valence electrons. The number of rotatable bonds is 8. The van der Waals surface area contributed by atoms with Gasteiger partial charge in [-0.1, -0.05) is 17.7 Å². The third-order valence-corrected chi connectivity index (χ3v) is 3.13. The molecule has 1 aromatic rings. The second-order valence-corrected chi connectivity index (χ2v) is 4.85. The first-order valence-electron chi connectivity index (χ1n) is 6.43. The number of nitrogens with one attached hydrogen (secondary N) is 1. The second kappa shape index (κ2) is 8.89. The van der Waals surface area contributed by atoms with Gasteiger partial charge < -0.3 is 15.2 Å². The summed E-state index contributed by atoms with van der Waals surface area (Å²) in [5, 5.41) is 12.5. The highest BCUT2D eigenvalue weighted by atomic mass is 35.5. The van der Waals surface area contributed by atoms with Crippen LogP contribution in [0.25, 0.3) is 0 Å². The Kier molecular flexibility index (Phi) is 7.51. The van der Waals surface area contributed by atoms with E-state index in [1.807, 2.05) is 0 Å². The minimum Gasteiger partial charge on any atom is -0.387 e. The van der Waals surface area contributed by atoms with E-state index in [1.165, 1.54) is 12.1 Å². The van der Waals surface area contributed by atoms with Crippen LogP contribution in [0, 0.1) is 5.82 Å². The largest absolute Gasteiger partial charge is 0.387 e. The predicted octanol–water partition coefficient (Wildman–Crippen LogP) is 2.45. The zero-order valence-corrected chi connectivity index (χ0v) is 12.1. The van der Waals surface area contributed by atoms with Crippen LogP contribution < -0.4 is 5.32 Å². The molecular weight excluding hydrogens is 285 g/mol. The number of halogens is 2. The number of ether oxygens (including phenoxy) is 1. The van der Waals surface area contributed by atoms with Crippen LogP contribution in [-0.4, -0.2) is 31.3 Å². The van der Waals surface area contributed by atoms with Gasteiger partial charge in [0.1, 0.15) is 5.82 Å². The standard InChI is InChI=1S/C14H19ClFNO3/c1-20-7-3-2-4-14(19)17-9-13(18)10-5-6-11(15)12(16)8-10/h5-6,8,13,18H,2-4,7,9H2,1H3,(H,17,19). The van der Waals surface area contributed by atoms with Gasteiger partial charge in [-0.2, -0.15) is 0 Å². The summed E-state index contributed by atoms with van der Waals surface area (Å²) in [6.07, 6.45) is 0.968. The van der Waals surface area contributed by atoms with Gasteiger partial charge in [-0.25, -0.2) is 4.39 Å². The van der Waals surface area contributed by atoms with Gasteiger partial charge in [0, 0.05) is 26.7 Å². The van der Waals surface area contributed by atoms with Crippen molar-refractivity contribution in [1.29, 1.82) is 0 Å². The van der Waals surface area contributed by atoms with Gasteiger partial charge in [-0.05, 0) is 30.5 Å². The van der Waals surface area contributed by atoms with Crippen molar-refractivity contribution in [1.82, 2.24) is 5.32 Å². The first-order valence-corrected chi connectivity index (χ1v) is 6.81. The summed E-state index contributed by atoms with van der Waals surface area (Å²) in [5.41, 5.74) is 0.381. The molecule has 0 saturated carbocycles. The van der Waals surface area contributed by atoms with Crippen LogP contribution in [0.15, 0.2) is 18.2 Å². The molecule has 0 bridgehead atoms. The quantitative estimate of drug-likeness (QED) is 0.725. The first kappa shape index (κ1) is 16.9. The van der Waals surface area contributed by atoms with Gasteiger partial charge in [0.2, 0.25) is 5.91 Å². The molecule has 0 aromatic heterocycles. The maximum absolute atomic E-state index is 13.2. The number of unbranched alkanes of at least 4 members (excludes halogenated alkanes) is 1. The van der Waals surface area contributed by atoms with Crippen LogP contribution in [0.3, 0.4) is 0 Å². The summed E-state index contributed by atoms with van der Waals surface area (Å²) >= 11 is 5.56. The van der Waals surface area contributed by atoms with Crippen LogP contribution in [0.1, 0.15) is 30.9 Å². The Morgan fingerprint density at radius 3 is 2.90 bits per heavy atom. The van der Waals surface area contributed by atoms with E-state index in [0.717, 1.165) is 18.9 Å². The summed E-state index contributed by atoms with van der Waals surface area (Å²) in [7, 11) is 1.61. The smallest absolute Gasteiger partial charge is 0.220 e. The van der Waals surface area contributed by atoms with Crippen molar-refractivity contribution in [2.24, 2.45) is 0 Å². The van der Waals surface area contributed by atoms with Crippen LogP contribution in [0.5, 0.6) is 0 Å². The molecule has 1 atom stereocenters. The third kappa shape index (κ3) is 5.86. The van der Waals surface area contributed by atoms with Crippen molar-refractivity contribution in [3.63, 3.8) is 0 Å². The lowest BCUT2D eigenvalue weighted by Crippen LogP contribution is -2.28. The van der Waals surface area contributed by atoms with E-state index in [1.54, 1.807) is 7.11 Å².